The summed E-state index contributed by atoms with van der Waals surface area (Å²) in [5.74, 6) is 0.886. The minimum Gasteiger partial charge on any atom is -0.380 e. The number of aliphatic imine (C=N–C) groups is 1. The van der Waals surface area contributed by atoms with Gasteiger partial charge in [-0.1, -0.05) is 0 Å². The molecule has 0 aliphatic heterocycles. The van der Waals surface area contributed by atoms with Crippen molar-refractivity contribution in [3.05, 3.63) is 11.4 Å². The second kappa shape index (κ2) is 8.30. The summed E-state index contributed by atoms with van der Waals surface area (Å²) >= 11 is 0. The van der Waals surface area contributed by atoms with Crippen LogP contribution >= 0.6 is 0 Å². The Labute approximate surface area is 99.2 Å². The van der Waals surface area contributed by atoms with Crippen molar-refractivity contribution < 1.29 is 4.74 Å². The zero-order chi connectivity index (χ0) is 12.6. The Morgan fingerprint density at radius 1 is 1.50 bits per heavy atom. The van der Waals surface area contributed by atoms with Crippen molar-refractivity contribution in [2.75, 3.05) is 26.3 Å². The van der Waals surface area contributed by atoms with Crippen LogP contribution in [0.15, 0.2) is 16.4 Å². The van der Waals surface area contributed by atoms with Gasteiger partial charge in [-0.05, 0) is 40.0 Å². The van der Waals surface area contributed by atoms with Gasteiger partial charge in [0.1, 0.15) is 5.82 Å². The molecule has 94 valence electrons. The third-order valence-electron chi connectivity index (χ3n) is 2.58. The molecule has 0 fully saturated rings. The molecule has 0 bridgehead atoms. The molecule has 0 radical (unpaired) electrons. The van der Waals surface area contributed by atoms with Crippen molar-refractivity contribution in [2.45, 2.75) is 33.7 Å². The van der Waals surface area contributed by atoms with E-state index < -0.39 is 0 Å². The molecule has 0 aromatic carbocycles. The van der Waals surface area contributed by atoms with Gasteiger partial charge >= 0.3 is 0 Å². The third kappa shape index (κ3) is 4.77. The van der Waals surface area contributed by atoms with Crippen LogP contribution in [0.3, 0.4) is 0 Å². The Balaban J connectivity index is 4.62. The smallest absolute Gasteiger partial charge is 0.128 e. The summed E-state index contributed by atoms with van der Waals surface area (Å²) < 4.78 is 5.34. The first-order valence-electron chi connectivity index (χ1n) is 5.84. The van der Waals surface area contributed by atoms with Crippen molar-refractivity contribution >= 4 is 6.72 Å². The summed E-state index contributed by atoms with van der Waals surface area (Å²) in [4.78, 5) is 6.22. The summed E-state index contributed by atoms with van der Waals surface area (Å²) in [5, 5.41) is 0. The zero-order valence-electron chi connectivity index (χ0n) is 11.0. The molecule has 0 rings (SSSR count). The van der Waals surface area contributed by atoms with E-state index in [-0.39, 0.29) is 6.04 Å². The molecule has 1 atom stereocenters. The van der Waals surface area contributed by atoms with Crippen LogP contribution in [-0.2, 0) is 4.74 Å². The maximum absolute atomic E-state index is 5.86. The van der Waals surface area contributed by atoms with Gasteiger partial charge in [0.2, 0.25) is 0 Å². The molecule has 0 amide bonds. The van der Waals surface area contributed by atoms with Crippen LogP contribution in [-0.4, -0.2) is 44.0 Å². The van der Waals surface area contributed by atoms with Gasteiger partial charge in [0.25, 0.3) is 0 Å². The Morgan fingerprint density at radius 2 is 2.12 bits per heavy atom. The first-order chi connectivity index (χ1) is 7.58. The van der Waals surface area contributed by atoms with Crippen LogP contribution in [0.1, 0.15) is 27.7 Å². The lowest BCUT2D eigenvalue weighted by atomic mass is 10.1. The predicted octanol–water partition coefficient (Wildman–Crippen LogP) is 1.62. The molecule has 0 saturated carbocycles. The third-order valence-corrected chi connectivity index (χ3v) is 2.58. The topological polar surface area (TPSA) is 50.8 Å². The number of likely N-dealkylation sites (N-methyl/N-ethyl adjacent to an activating group) is 1. The Kier molecular flexibility index (Phi) is 7.85. The molecular weight excluding hydrogens is 202 g/mol. The molecule has 0 aliphatic carbocycles. The van der Waals surface area contributed by atoms with Gasteiger partial charge in [-0.15, -0.1) is 0 Å². The fraction of sp³-hybridized carbons (Fsp3) is 0.750. The Hall–Kier alpha value is -0.870. The van der Waals surface area contributed by atoms with Crippen molar-refractivity contribution in [3.63, 3.8) is 0 Å². The summed E-state index contributed by atoms with van der Waals surface area (Å²) in [7, 11) is 0. The Bertz CT molecular complexity index is 236. The van der Waals surface area contributed by atoms with E-state index in [0.717, 1.165) is 31.1 Å². The molecule has 0 aromatic rings. The predicted molar refractivity (Wildman–Crippen MR) is 69.6 cm³/mol. The second-order valence-electron chi connectivity index (χ2n) is 3.73. The van der Waals surface area contributed by atoms with Gasteiger partial charge in [-0.3, -0.25) is 0 Å². The maximum Gasteiger partial charge on any atom is 0.128 e. The molecule has 2 N–H and O–H groups in total. The molecule has 0 spiro atoms. The van der Waals surface area contributed by atoms with Crippen molar-refractivity contribution in [1.82, 2.24) is 4.90 Å². The average Bonchev–Trinajstić information content (AvgIpc) is 2.27. The van der Waals surface area contributed by atoms with Gasteiger partial charge < -0.3 is 15.4 Å². The highest BCUT2D eigenvalue weighted by Gasteiger charge is 2.11. The second-order valence-corrected chi connectivity index (χ2v) is 3.73. The van der Waals surface area contributed by atoms with Gasteiger partial charge in [0.15, 0.2) is 0 Å². The van der Waals surface area contributed by atoms with Crippen molar-refractivity contribution in [2.24, 2.45) is 10.7 Å². The molecule has 4 heteroatoms. The Morgan fingerprint density at radius 3 is 2.50 bits per heavy atom. The van der Waals surface area contributed by atoms with E-state index in [1.54, 1.807) is 0 Å². The molecule has 4 nitrogen and oxygen atoms in total. The lowest BCUT2D eigenvalue weighted by Gasteiger charge is -2.25. The highest BCUT2D eigenvalue weighted by Crippen LogP contribution is 2.13. The highest BCUT2D eigenvalue weighted by atomic mass is 16.5. The normalized spacial score (nSPS) is 14.3. The lowest BCUT2D eigenvalue weighted by Crippen LogP contribution is -2.30. The van der Waals surface area contributed by atoms with Crippen LogP contribution in [0.2, 0.25) is 0 Å². The van der Waals surface area contributed by atoms with E-state index in [1.165, 1.54) is 0 Å². The number of hydrogen-bond acceptors (Lipinski definition) is 4. The molecule has 0 aromatic heterocycles. The van der Waals surface area contributed by atoms with Gasteiger partial charge in [0, 0.05) is 25.7 Å². The van der Waals surface area contributed by atoms with Crippen LogP contribution in [0.4, 0.5) is 0 Å². The molecule has 16 heavy (non-hydrogen) atoms. The summed E-state index contributed by atoms with van der Waals surface area (Å²) in [6.45, 7) is 14.8. The molecule has 1 unspecified atom stereocenters. The van der Waals surface area contributed by atoms with Crippen LogP contribution in [0.5, 0.6) is 0 Å². The quantitative estimate of drug-likeness (QED) is 0.506. The van der Waals surface area contributed by atoms with Crippen LogP contribution < -0.4 is 5.73 Å². The molecule has 0 heterocycles. The first-order valence-corrected chi connectivity index (χ1v) is 5.84. The zero-order valence-corrected chi connectivity index (χ0v) is 11.0. The molecular formula is C12H25N3O. The lowest BCUT2D eigenvalue weighted by molar-refractivity contribution is 0.125. The fourth-order valence-corrected chi connectivity index (χ4v) is 1.41. The average molecular weight is 227 g/mol. The number of rotatable bonds is 8. The molecule has 0 saturated heterocycles. The van der Waals surface area contributed by atoms with Gasteiger partial charge in [-0.25, -0.2) is 4.99 Å². The van der Waals surface area contributed by atoms with E-state index in [0.29, 0.717) is 6.61 Å². The number of hydrogen-bond donors (Lipinski definition) is 1. The minimum atomic E-state index is 0.00152. The minimum absolute atomic E-state index is 0.00152. The van der Waals surface area contributed by atoms with E-state index in [1.807, 2.05) is 20.8 Å². The van der Waals surface area contributed by atoms with E-state index in [9.17, 15) is 0 Å². The van der Waals surface area contributed by atoms with E-state index >= 15 is 0 Å². The fourth-order valence-electron chi connectivity index (χ4n) is 1.41. The van der Waals surface area contributed by atoms with Gasteiger partial charge in [-0.2, -0.15) is 0 Å². The molecule has 0 aliphatic rings. The highest BCUT2D eigenvalue weighted by molar-refractivity contribution is 5.31. The summed E-state index contributed by atoms with van der Waals surface area (Å²) in [6.07, 6.45) is 0. The van der Waals surface area contributed by atoms with Gasteiger partial charge in [0.05, 0.1) is 6.61 Å². The first kappa shape index (κ1) is 15.1. The maximum atomic E-state index is 5.86. The SMILES string of the molecule is C=N/C(=C(/C)C(C)N)N(CC)CCOCC. The number of nitrogens with zero attached hydrogens (tertiary/aromatic N) is 2. The van der Waals surface area contributed by atoms with Crippen molar-refractivity contribution in [3.8, 4) is 0 Å². The number of nitrogens with two attached hydrogens (primary N) is 1. The van der Waals surface area contributed by atoms with Crippen LogP contribution in [0, 0.1) is 0 Å². The monoisotopic (exact) mass is 227 g/mol. The van der Waals surface area contributed by atoms with E-state index in [2.05, 4.69) is 23.5 Å². The summed E-state index contributed by atoms with van der Waals surface area (Å²) in [5.41, 5.74) is 6.92. The standard InChI is InChI=1S/C12H25N3O/c1-6-15(8-9-16-7-2)12(14-5)10(3)11(4)13/h11H,5-9,13H2,1-4H3/b12-10+. The largest absolute Gasteiger partial charge is 0.380 e. The van der Waals surface area contributed by atoms with E-state index in [4.69, 9.17) is 10.5 Å². The summed E-state index contributed by atoms with van der Waals surface area (Å²) in [6, 6.07) is 0.00152. The van der Waals surface area contributed by atoms with Crippen LogP contribution in [0.25, 0.3) is 0 Å². The van der Waals surface area contributed by atoms with Crippen molar-refractivity contribution in [1.29, 1.82) is 0 Å². The number of ether oxygens (including phenoxy) is 1.